The van der Waals surface area contributed by atoms with Crippen LogP contribution in [0.25, 0.3) is 10.9 Å². The zero-order chi connectivity index (χ0) is 23.9. The minimum Gasteiger partial charge on any atom is -0.486 e. The molecule has 1 aliphatic heterocycles. The van der Waals surface area contributed by atoms with Gasteiger partial charge in [0.1, 0.15) is 13.2 Å². The number of rotatable bonds is 5. The first kappa shape index (κ1) is 22.9. The van der Waals surface area contributed by atoms with Crippen molar-refractivity contribution in [2.75, 3.05) is 13.2 Å². The Labute approximate surface area is 199 Å². The van der Waals surface area contributed by atoms with Gasteiger partial charge < -0.3 is 14.5 Å². The van der Waals surface area contributed by atoms with Crippen LogP contribution in [0.4, 0.5) is 0 Å². The second-order valence-corrected chi connectivity index (χ2v) is 11.2. The van der Waals surface area contributed by atoms with Gasteiger partial charge in [0.2, 0.25) is 10.0 Å². The molecule has 2 heterocycles. The van der Waals surface area contributed by atoms with Gasteiger partial charge >= 0.3 is 0 Å². The zero-order valence-corrected chi connectivity index (χ0v) is 20.4. The molecular formula is C26H30N2O5S. The molecule has 0 amide bonds. The van der Waals surface area contributed by atoms with E-state index in [-0.39, 0.29) is 23.0 Å². The molecular weight excluding hydrogens is 452 g/mol. The first-order valence-corrected chi connectivity index (χ1v) is 13.3. The number of nitrogens with one attached hydrogen (secondary N) is 1. The van der Waals surface area contributed by atoms with Crippen molar-refractivity contribution >= 4 is 20.9 Å². The number of aromatic amines is 1. The van der Waals surface area contributed by atoms with Crippen molar-refractivity contribution in [2.24, 2.45) is 0 Å². The molecule has 8 heteroatoms. The zero-order valence-electron chi connectivity index (χ0n) is 19.6. The van der Waals surface area contributed by atoms with Crippen LogP contribution in [0.1, 0.15) is 48.8 Å². The van der Waals surface area contributed by atoms with Crippen LogP contribution in [0.5, 0.6) is 11.5 Å². The van der Waals surface area contributed by atoms with Gasteiger partial charge in [-0.3, -0.25) is 4.79 Å². The van der Waals surface area contributed by atoms with Crippen molar-refractivity contribution in [3.63, 3.8) is 0 Å². The van der Waals surface area contributed by atoms with E-state index in [1.54, 1.807) is 12.1 Å². The van der Waals surface area contributed by atoms with E-state index in [0.717, 1.165) is 54.1 Å². The van der Waals surface area contributed by atoms with Crippen LogP contribution < -0.4 is 15.0 Å². The largest absolute Gasteiger partial charge is 0.486 e. The molecule has 3 aromatic rings. The van der Waals surface area contributed by atoms with Gasteiger partial charge in [-0.15, -0.1) is 0 Å². The maximum absolute atomic E-state index is 13.9. The standard InChI is InChI=1S/C26H30N2O5S/c1-17-12-18(2)22-14-19(26(29)27-23(22)13-17)16-28(20-6-4-3-5-7-20)34(30,31)21-8-9-24-25(15-21)33-11-10-32-24/h8-9,12-15,20H,3-7,10-11,16H2,1-2H3,(H,27,29). The SMILES string of the molecule is Cc1cc(C)c2cc(CN(C3CCCCC3)S(=O)(=O)c3ccc4c(c3)OCCO4)c(=O)[nH]c2c1. The fourth-order valence-electron chi connectivity index (χ4n) is 5.10. The molecule has 180 valence electrons. The number of nitrogens with zero attached hydrogens (tertiary/aromatic N) is 1. The number of aromatic nitrogens is 1. The minimum absolute atomic E-state index is 0.0278. The number of hydrogen-bond acceptors (Lipinski definition) is 5. The summed E-state index contributed by atoms with van der Waals surface area (Å²) < 4.78 is 40.6. The summed E-state index contributed by atoms with van der Waals surface area (Å²) in [6.45, 7) is 4.84. The summed E-state index contributed by atoms with van der Waals surface area (Å²) in [7, 11) is -3.87. The van der Waals surface area contributed by atoms with Gasteiger partial charge in [0.25, 0.3) is 5.56 Å². The van der Waals surface area contributed by atoms with Gasteiger partial charge in [-0.25, -0.2) is 8.42 Å². The number of fused-ring (bicyclic) bond motifs is 2. The molecule has 1 saturated carbocycles. The van der Waals surface area contributed by atoms with E-state index in [1.807, 2.05) is 26.0 Å². The molecule has 1 aromatic heterocycles. The Morgan fingerprint density at radius 3 is 2.47 bits per heavy atom. The summed E-state index contributed by atoms with van der Waals surface area (Å²) in [5.74, 6) is 0.983. The average Bonchev–Trinajstić information content (AvgIpc) is 2.83. The van der Waals surface area contributed by atoms with Gasteiger partial charge in [-0.1, -0.05) is 25.3 Å². The van der Waals surface area contributed by atoms with E-state index in [1.165, 1.54) is 10.4 Å². The molecule has 0 radical (unpaired) electrons. The van der Waals surface area contributed by atoms with Crippen LogP contribution in [0, 0.1) is 13.8 Å². The van der Waals surface area contributed by atoms with Gasteiger partial charge in [0, 0.05) is 35.1 Å². The summed E-state index contributed by atoms with van der Waals surface area (Å²) in [6.07, 6.45) is 4.62. The number of benzene rings is 2. The van der Waals surface area contributed by atoms with Crippen molar-refractivity contribution in [3.05, 3.63) is 63.4 Å². The molecule has 7 nitrogen and oxygen atoms in total. The molecule has 0 saturated heterocycles. The Bertz CT molecular complexity index is 1390. The molecule has 34 heavy (non-hydrogen) atoms. The average molecular weight is 483 g/mol. The van der Waals surface area contributed by atoms with Crippen LogP contribution in [-0.4, -0.2) is 37.0 Å². The maximum atomic E-state index is 13.9. The van der Waals surface area contributed by atoms with Crippen molar-refractivity contribution < 1.29 is 17.9 Å². The lowest BCUT2D eigenvalue weighted by atomic mass is 9.95. The fraction of sp³-hybridized carbons (Fsp3) is 0.423. The van der Waals surface area contributed by atoms with Crippen molar-refractivity contribution in [1.82, 2.24) is 9.29 Å². The van der Waals surface area contributed by atoms with Gasteiger partial charge in [0.15, 0.2) is 11.5 Å². The van der Waals surface area contributed by atoms with Crippen LogP contribution in [0.15, 0.2) is 46.1 Å². The highest BCUT2D eigenvalue weighted by atomic mass is 32.2. The maximum Gasteiger partial charge on any atom is 0.252 e. The molecule has 0 unspecified atom stereocenters. The monoisotopic (exact) mass is 482 g/mol. The van der Waals surface area contributed by atoms with Crippen molar-refractivity contribution in [2.45, 2.75) is 63.4 Å². The molecule has 2 aliphatic rings. The van der Waals surface area contributed by atoms with Gasteiger partial charge in [-0.2, -0.15) is 4.31 Å². The molecule has 1 fully saturated rings. The summed E-state index contributed by atoms with van der Waals surface area (Å²) in [5, 5.41) is 0.931. The van der Waals surface area contributed by atoms with E-state index >= 15 is 0 Å². The smallest absolute Gasteiger partial charge is 0.252 e. The summed E-state index contributed by atoms with van der Waals surface area (Å²) in [6, 6.07) is 10.5. The highest BCUT2D eigenvalue weighted by Gasteiger charge is 2.34. The number of hydrogen-bond donors (Lipinski definition) is 1. The Hall–Kier alpha value is -2.84. The predicted molar refractivity (Wildman–Crippen MR) is 131 cm³/mol. The number of pyridine rings is 1. The van der Waals surface area contributed by atoms with Crippen LogP contribution in [0.3, 0.4) is 0 Å². The highest BCUT2D eigenvalue weighted by molar-refractivity contribution is 7.89. The van der Waals surface area contributed by atoms with Gasteiger partial charge in [-0.05, 0) is 62.1 Å². The highest BCUT2D eigenvalue weighted by Crippen LogP contribution is 2.35. The minimum atomic E-state index is -3.87. The lowest BCUT2D eigenvalue weighted by molar-refractivity contribution is 0.171. The number of H-pyrrole nitrogens is 1. The number of ether oxygens (including phenoxy) is 2. The number of sulfonamides is 1. The Morgan fingerprint density at radius 1 is 0.971 bits per heavy atom. The predicted octanol–water partition coefficient (Wildman–Crippen LogP) is 4.44. The second kappa shape index (κ2) is 9.07. The molecule has 2 aromatic carbocycles. The summed E-state index contributed by atoms with van der Waals surface area (Å²) >= 11 is 0. The molecule has 1 aliphatic carbocycles. The van der Waals surface area contributed by atoms with E-state index in [0.29, 0.717) is 30.3 Å². The van der Waals surface area contributed by atoms with E-state index < -0.39 is 10.0 Å². The van der Waals surface area contributed by atoms with Crippen LogP contribution in [-0.2, 0) is 16.6 Å². The molecule has 0 spiro atoms. The summed E-state index contributed by atoms with van der Waals surface area (Å²) in [4.78, 5) is 16.1. The lowest BCUT2D eigenvalue weighted by Crippen LogP contribution is -2.42. The quantitative estimate of drug-likeness (QED) is 0.581. The van der Waals surface area contributed by atoms with Crippen molar-refractivity contribution in [1.29, 1.82) is 0 Å². The third kappa shape index (κ3) is 4.32. The normalized spacial score (nSPS) is 16.8. The van der Waals surface area contributed by atoms with E-state index in [9.17, 15) is 13.2 Å². The van der Waals surface area contributed by atoms with Crippen LogP contribution >= 0.6 is 0 Å². The van der Waals surface area contributed by atoms with E-state index in [4.69, 9.17) is 9.47 Å². The molecule has 0 bridgehead atoms. The molecule has 1 N–H and O–H groups in total. The lowest BCUT2D eigenvalue weighted by Gasteiger charge is -2.33. The Morgan fingerprint density at radius 2 is 1.71 bits per heavy atom. The first-order chi connectivity index (χ1) is 16.3. The fourth-order valence-corrected chi connectivity index (χ4v) is 6.78. The summed E-state index contributed by atoms with van der Waals surface area (Å²) in [5.41, 5.74) is 3.08. The third-order valence-corrected chi connectivity index (χ3v) is 8.71. The number of aryl methyl sites for hydroxylation is 2. The topological polar surface area (TPSA) is 88.7 Å². The molecule has 5 rings (SSSR count). The first-order valence-electron chi connectivity index (χ1n) is 11.9. The third-order valence-electron chi connectivity index (χ3n) is 6.82. The van der Waals surface area contributed by atoms with Gasteiger partial charge in [0.05, 0.1) is 4.90 Å². The second-order valence-electron chi connectivity index (χ2n) is 9.31. The Kier molecular flexibility index (Phi) is 6.12. The molecule has 0 atom stereocenters. The van der Waals surface area contributed by atoms with Crippen molar-refractivity contribution in [3.8, 4) is 11.5 Å². The Balaban J connectivity index is 1.57. The van der Waals surface area contributed by atoms with E-state index in [2.05, 4.69) is 11.1 Å². The van der Waals surface area contributed by atoms with Crippen LogP contribution in [0.2, 0.25) is 0 Å².